The molecule has 0 aliphatic heterocycles. The number of fused-ring (bicyclic) bond motifs is 1. The average molecular weight is 461 g/mol. The van der Waals surface area contributed by atoms with Gasteiger partial charge in [0, 0.05) is 17.8 Å². The van der Waals surface area contributed by atoms with Gasteiger partial charge in [0.05, 0.1) is 24.6 Å². The van der Waals surface area contributed by atoms with E-state index in [-0.39, 0.29) is 0 Å². The van der Waals surface area contributed by atoms with Gasteiger partial charge in [-0.2, -0.15) is 5.10 Å². The molecule has 3 N–H and O–H groups in total. The molecule has 0 fully saturated rings. The summed E-state index contributed by atoms with van der Waals surface area (Å²) in [5.41, 5.74) is 8.31. The molecule has 0 aliphatic carbocycles. The highest BCUT2D eigenvalue weighted by molar-refractivity contribution is 14.2. The number of aromatic nitrogens is 3. The molecule has 0 spiro atoms. The molecule has 0 bridgehead atoms. The number of anilines is 3. The summed E-state index contributed by atoms with van der Waals surface area (Å²) in [7, 11) is 1.61. The number of hydrogen-bond acceptors (Lipinski definition) is 6. The fraction of sp³-hybridized carbons (Fsp3) is 0.333. The zero-order valence-electron chi connectivity index (χ0n) is 14.1. The number of rotatable bonds is 5. The van der Waals surface area contributed by atoms with Crippen molar-refractivity contribution < 1.29 is 9.26 Å². The Labute approximate surface area is 155 Å². The highest BCUT2D eigenvalue weighted by Gasteiger charge is 2.13. The Morgan fingerprint density at radius 3 is 2.71 bits per heavy atom. The number of methoxy groups -OCH3 is 1. The van der Waals surface area contributed by atoms with E-state index >= 15 is 0 Å². The summed E-state index contributed by atoms with van der Waals surface area (Å²) in [5, 5.41) is 12.3. The first-order valence-electron chi connectivity index (χ1n) is 7.61. The van der Waals surface area contributed by atoms with E-state index in [1.54, 1.807) is 13.2 Å². The maximum Gasteiger partial charge on any atom is 0.174 e. The van der Waals surface area contributed by atoms with Crippen molar-refractivity contribution in [3.8, 4) is 5.75 Å². The Bertz CT molecular complexity index is 796. The summed E-state index contributed by atoms with van der Waals surface area (Å²) in [6, 6.07) is 5.65. The molecule has 3 rings (SSSR count). The summed E-state index contributed by atoms with van der Waals surface area (Å²) < 4.78 is 12.6. The third kappa shape index (κ3) is 3.75. The molecular weight excluding hydrogens is 440 g/mol. The molecule has 2 heterocycles. The molecule has 0 radical (unpaired) electrons. The van der Waals surface area contributed by atoms with Gasteiger partial charge in [0.25, 0.3) is 0 Å². The predicted molar refractivity (Wildman–Crippen MR) is 109 cm³/mol. The average Bonchev–Trinajstić information content (AvgIpc) is 3.19. The van der Waals surface area contributed by atoms with Crippen LogP contribution in [0.4, 0.5) is 17.3 Å². The Balaban J connectivity index is 0.00000100. The van der Waals surface area contributed by atoms with Gasteiger partial charge in [-0.15, -0.1) is 0 Å². The number of nitrogen functional groups attached to an aromatic ring is 1. The molecule has 130 valence electrons. The molecule has 7 nitrogen and oxygen atoms in total. The van der Waals surface area contributed by atoms with Crippen LogP contribution in [0.1, 0.15) is 26.5 Å². The molecule has 1 atom stereocenters. The Kier molecular flexibility index (Phi) is 6.68. The molecule has 1 aromatic carbocycles. The number of nitrogens with zero attached hydrogens (tertiary/aromatic N) is 3. The van der Waals surface area contributed by atoms with Gasteiger partial charge in [-0.1, -0.05) is 25.9 Å². The highest BCUT2D eigenvalue weighted by Crippen LogP contribution is 2.35. The minimum Gasteiger partial charge on any atom is -0.495 e. The SMILES string of the molecule is CC.CCc1cc(Nc2cc3onc(N)c3cc2OC)nn1PI. The zero-order valence-corrected chi connectivity index (χ0v) is 17.2. The van der Waals surface area contributed by atoms with Crippen LogP contribution in [0.15, 0.2) is 22.7 Å². The van der Waals surface area contributed by atoms with Crippen LogP contribution in [0.2, 0.25) is 0 Å². The van der Waals surface area contributed by atoms with Gasteiger partial charge >= 0.3 is 0 Å². The van der Waals surface area contributed by atoms with Crippen LogP contribution in [-0.2, 0) is 6.42 Å². The van der Waals surface area contributed by atoms with Crippen molar-refractivity contribution in [3.05, 3.63) is 23.9 Å². The van der Waals surface area contributed by atoms with Crippen molar-refractivity contribution in [2.75, 3.05) is 18.2 Å². The predicted octanol–water partition coefficient (Wildman–Crippen LogP) is 4.74. The van der Waals surface area contributed by atoms with E-state index < -0.39 is 0 Å². The second-order valence-electron chi connectivity index (χ2n) is 4.61. The smallest absolute Gasteiger partial charge is 0.174 e. The molecule has 2 aromatic heterocycles. The lowest BCUT2D eigenvalue weighted by Crippen LogP contribution is -1.96. The largest absolute Gasteiger partial charge is 0.495 e. The van der Waals surface area contributed by atoms with Gasteiger partial charge in [-0.3, -0.25) is 0 Å². The molecule has 9 heteroatoms. The van der Waals surface area contributed by atoms with E-state index in [4.69, 9.17) is 15.0 Å². The number of hydrogen-bond donors (Lipinski definition) is 2. The van der Waals surface area contributed by atoms with E-state index in [0.29, 0.717) is 23.5 Å². The number of aryl methyl sites for hydroxylation is 1. The first kappa shape index (κ1) is 18.8. The van der Waals surface area contributed by atoms with E-state index in [9.17, 15) is 0 Å². The second kappa shape index (κ2) is 8.53. The normalized spacial score (nSPS) is 10.9. The first-order valence-corrected chi connectivity index (χ1v) is 11.7. The van der Waals surface area contributed by atoms with E-state index in [1.165, 1.54) is 5.69 Å². The third-order valence-corrected chi connectivity index (χ3v) is 5.23. The first-order chi connectivity index (χ1) is 11.7. The molecule has 0 saturated heterocycles. The van der Waals surface area contributed by atoms with Crippen LogP contribution in [0.3, 0.4) is 0 Å². The molecule has 0 aliphatic rings. The van der Waals surface area contributed by atoms with Gasteiger partial charge in [0.15, 0.2) is 17.2 Å². The third-order valence-electron chi connectivity index (χ3n) is 3.31. The number of nitrogens with two attached hydrogens (primary N) is 1. The number of nitrogens with one attached hydrogen (secondary N) is 1. The van der Waals surface area contributed by atoms with Crippen LogP contribution >= 0.6 is 28.4 Å². The summed E-state index contributed by atoms with van der Waals surface area (Å²) in [6.45, 7) is 6.11. The van der Waals surface area contributed by atoms with Crippen molar-refractivity contribution in [1.29, 1.82) is 0 Å². The fourth-order valence-electron chi connectivity index (χ4n) is 2.19. The van der Waals surface area contributed by atoms with Crippen molar-refractivity contribution in [3.63, 3.8) is 0 Å². The Morgan fingerprint density at radius 1 is 1.38 bits per heavy atom. The van der Waals surface area contributed by atoms with Crippen LogP contribution in [0.5, 0.6) is 5.75 Å². The van der Waals surface area contributed by atoms with Gasteiger partial charge in [0.2, 0.25) is 0 Å². The lowest BCUT2D eigenvalue weighted by atomic mass is 10.2. The second-order valence-corrected chi connectivity index (χ2v) is 6.65. The van der Waals surface area contributed by atoms with Crippen molar-refractivity contribution in [2.45, 2.75) is 27.2 Å². The summed E-state index contributed by atoms with van der Waals surface area (Å²) in [4.78, 5) is 0. The molecule has 0 saturated carbocycles. The Hall–Kier alpha value is -1.54. The minimum atomic E-state index is 0.350. The number of halogens is 1. The lowest BCUT2D eigenvalue weighted by Gasteiger charge is -2.09. The summed E-state index contributed by atoms with van der Waals surface area (Å²) >= 11 is 2.31. The van der Waals surface area contributed by atoms with E-state index in [2.05, 4.69) is 44.5 Å². The summed E-state index contributed by atoms with van der Waals surface area (Å²) in [5.74, 6) is 1.78. The van der Waals surface area contributed by atoms with Gasteiger partial charge in [0.1, 0.15) is 5.75 Å². The molecular formula is C15H21IN5O2P. The monoisotopic (exact) mass is 461 g/mol. The highest BCUT2D eigenvalue weighted by atomic mass is 127. The Morgan fingerprint density at radius 2 is 2.12 bits per heavy atom. The molecule has 0 amide bonds. The molecule has 3 aromatic rings. The topological polar surface area (TPSA) is 91.1 Å². The summed E-state index contributed by atoms with van der Waals surface area (Å²) in [6.07, 6.45) is 1.49. The van der Waals surface area contributed by atoms with E-state index in [1.807, 2.05) is 30.4 Å². The molecule has 1 unspecified atom stereocenters. The lowest BCUT2D eigenvalue weighted by molar-refractivity contribution is 0.417. The van der Waals surface area contributed by atoms with Crippen LogP contribution in [-0.4, -0.2) is 21.8 Å². The van der Waals surface area contributed by atoms with Crippen molar-refractivity contribution in [2.24, 2.45) is 0 Å². The fourth-order valence-corrected chi connectivity index (χ4v) is 3.92. The maximum absolute atomic E-state index is 5.77. The van der Waals surface area contributed by atoms with Crippen LogP contribution in [0.25, 0.3) is 11.0 Å². The van der Waals surface area contributed by atoms with Gasteiger partial charge in [-0.05, 0) is 34.5 Å². The standard InChI is InChI=1S/C13H15IN5O2P.C2H6/c1-3-7-4-12(17-19(7)22-14)16-9-6-10-8(5-11(9)20-2)13(15)18-21-10;1-2/h4-6,22H,3H2,1-2H3,(H2,15,18)(H,16,17);1-2H3. The minimum absolute atomic E-state index is 0.350. The number of ether oxygens (including phenoxy) is 1. The number of benzene rings is 1. The van der Waals surface area contributed by atoms with E-state index in [0.717, 1.165) is 23.3 Å². The van der Waals surface area contributed by atoms with Gasteiger partial charge in [-0.25, -0.2) is 4.45 Å². The van der Waals surface area contributed by atoms with Gasteiger partial charge < -0.3 is 20.3 Å². The maximum atomic E-state index is 5.77. The zero-order chi connectivity index (χ0) is 17.7. The van der Waals surface area contributed by atoms with Crippen LogP contribution in [0, 0.1) is 0 Å². The molecule has 24 heavy (non-hydrogen) atoms. The quantitative estimate of drug-likeness (QED) is 0.422. The van der Waals surface area contributed by atoms with Crippen molar-refractivity contribution in [1.82, 2.24) is 14.7 Å². The van der Waals surface area contributed by atoms with Crippen LogP contribution < -0.4 is 15.8 Å². The van der Waals surface area contributed by atoms with Crippen molar-refractivity contribution >= 4 is 56.7 Å².